The van der Waals surface area contributed by atoms with Gasteiger partial charge in [0.1, 0.15) is 5.15 Å². The molecule has 0 aliphatic heterocycles. The highest BCUT2D eigenvalue weighted by Crippen LogP contribution is 2.12. The fraction of sp³-hybridized carbons (Fsp3) is 0.0769. The van der Waals surface area contributed by atoms with Crippen molar-refractivity contribution in [2.45, 2.75) is 6.54 Å². The Morgan fingerprint density at radius 1 is 1.18 bits per heavy atom. The highest BCUT2D eigenvalue weighted by atomic mass is 35.5. The monoisotopic (exact) mass is 244 g/mol. The number of hydrogen-bond donors (Lipinski definition) is 0. The maximum Gasteiger partial charge on any atom is 0.251 e. The van der Waals surface area contributed by atoms with Gasteiger partial charge < -0.3 is 0 Å². The number of halogens is 1. The van der Waals surface area contributed by atoms with Gasteiger partial charge in [0.05, 0.1) is 18.2 Å². The molecule has 0 saturated carbocycles. The third-order valence-corrected chi connectivity index (χ3v) is 2.79. The summed E-state index contributed by atoms with van der Waals surface area (Å²) < 4.78 is 1.43. The molecule has 0 N–H and O–H groups in total. The van der Waals surface area contributed by atoms with Crippen LogP contribution >= 0.6 is 11.6 Å². The molecule has 1 aromatic carbocycles. The average Bonchev–Trinajstić information content (AvgIpc) is 2.34. The first-order valence-corrected chi connectivity index (χ1v) is 5.43. The van der Waals surface area contributed by atoms with Crippen LogP contribution in [0.4, 0.5) is 0 Å². The molecule has 2 aromatic rings. The van der Waals surface area contributed by atoms with E-state index in [4.69, 9.17) is 16.9 Å². The van der Waals surface area contributed by atoms with Gasteiger partial charge in [-0.2, -0.15) is 5.26 Å². The van der Waals surface area contributed by atoms with E-state index >= 15 is 0 Å². The first-order valence-electron chi connectivity index (χ1n) is 5.06. The first-order chi connectivity index (χ1) is 8.22. The minimum atomic E-state index is -0.176. The van der Waals surface area contributed by atoms with Crippen molar-refractivity contribution in [1.29, 1.82) is 5.26 Å². The Balaban J connectivity index is 2.46. The fourth-order valence-corrected chi connectivity index (χ4v) is 1.80. The number of pyridine rings is 1. The summed E-state index contributed by atoms with van der Waals surface area (Å²) in [6.07, 6.45) is 0. The highest BCUT2D eigenvalue weighted by molar-refractivity contribution is 6.29. The summed E-state index contributed by atoms with van der Waals surface area (Å²) in [5, 5.41) is 9.33. The Hall–Kier alpha value is -2.05. The standard InChI is InChI=1S/C13H9ClN2O/c14-12-6-3-7-13(17)16(12)9-11-5-2-1-4-10(11)8-15/h1-7H,9H2. The number of aromatic nitrogens is 1. The largest absolute Gasteiger partial charge is 0.295 e. The lowest BCUT2D eigenvalue weighted by Gasteiger charge is -2.08. The fourth-order valence-electron chi connectivity index (χ4n) is 1.59. The number of hydrogen-bond acceptors (Lipinski definition) is 2. The van der Waals surface area contributed by atoms with Crippen molar-refractivity contribution >= 4 is 11.6 Å². The van der Waals surface area contributed by atoms with Crippen LogP contribution in [0.1, 0.15) is 11.1 Å². The third-order valence-electron chi connectivity index (χ3n) is 2.46. The molecule has 84 valence electrons. The van der Waals surface area contributed by atoms with Gasteiger partial charge in [0, 0.05) is 6.07 Å². The van der Waals surface area contributed by atoms with E-state index in [2.05, 4.69) is 6.07 Å². The van der Waals surface area contributed by atoms with Crippen LogP contribution in [0, 0.1) is 11.3 Å². The zero-order chi connectivity index (χ0) is 12.3. The van der Waals surface area contributed by atoms with Gasteiger partial charge in [-0.3, -0.25) is 9.36 Å². The molecule has 0 bridgehead atoms. The van der Waals surface area contributed by atoms with Gasteiger partial charge in [0.25, 0.3) is 5.56 Å². The normalized spacial score (nSPS) is 9.88. The second-order valence-electron chi connectivity index (χ2n) is 3.54. The molecule has 0 spiro atoms. The molecule has 4 heteroatoms. The molecular formula is C13H9ClN2O. The summed E-state index contributed by atoms with van der Waals surface area (Å²) in [5.41, 5.74) is 1.16. The predicted octanol–water partition coefficient (Wildman–Crippen LogP) is 2.42. The van der Waals surface area contributed by atoms with E-state index in [9.17, 15) is 4.79 Å². The number of benzene rings is 1. The van der Waals surface area contributed by atoms with Crippen molar-refractivity contribution in [3.8, 4) is 6.07 Å². The van der Waals surface area contributed by atoms with E-state index in [0.717, 1.165) is 5.56 Å². The molecule has 0 aliphatic rings. The molecular weight excluding hydrogens is 236 g/mol. The van der Waals surface area contributed by atoms with Crippen LogP contribution in [-0.2, 0) is 6.54 Å². The molecule has 0 unspecified atom stereocenters. The summed E-state index contributed by atoms with van der Waals surface area (Å²) >= 11 is 5.96. The summed E-state index contributed by atoms with van der Waals surface area (Å²) in [6.45, 7) is 0.308. The number of rotatable bonds is 2. The van der Waals surface area contributed by atoms with Crippen LogP contribution in [0.2, 0.25) is 5.15 Å². The summed E-state index contributed by atoms with van der Waals surface area (Å²) in [7, 11) is 0. The minimum Gasteiger partial charge on any atom is -0.295 e. The van der Waals surface area contributed by atoms with Gasteiger partial charge in [-0.05, 0) is 17.7 Å². The Morgan fingerprint density at radius 2 is 1.94 bits per heavy atom. The van der Waals surface area contributed by atoms with E-state index < -0.39 is 0 Å². The van der Waals surface area contributed by atoms with Gasteiger partial charge in [0.2, 0.25) is 0 Å². The van der Waals surface area contributed by atoms with Crippen LogP contribution in [0.3, 0.4) is 0 Å². The number of nitrogens with zero attached hydrogens (tertiary/aromatic N) is 2. The SMILES string of the molecule is N#Cc1ccccc1Cn1c(Cl)cccc1=O. The molecule has 0 atom stereocenters. The molecule has 0 radical (unpaired) electrons. The van der Waals surface area contributed by atoms with Gasteiger partial charge in [-0.25, -0.2) is 0 Å². The Morgan fingerprint density at radius 3 is 2.65 bits per heavy atom. The second kappa shape index (κ2) is 4.86. The zero-order valence-corrected chi connectivity index (χ0v) is 9.69. The van der Waals surface area contributed by atoms with Crippen molar-refractivity contribution in [2.24, 2.45) is 0 Å². The minimum absolute atomic E-state index is 0.176. The van der Waals surface area contributed by atoms with Crippen molar-refractivity contribution in [3.05, 3.63) is 69.1 Å². The molecule has 17 heavy (non-hydrogen) atoms. The van der Waals surface area contributed by atoms with Crippen molar-refractivity contribution in [3.63, 3.8) is 0 Å². The average molecular weight is 245 g/mol. The molecule has 1 aromatic heterocycles. The van der Waals surface area contributed by atoms with E-state index in [1.54, 1.807) is 24.3 Å². The maximum atomic E-state index is 11.6. The van der Waals surface area contributed by atoms with E-state index in [0.29, 0.717) is 17.3 Å². The van der Waals surface area contributed by atoms with Crippen LogP contribution in [0.5, 0.6) is 0 Å². The summed E-state index contributed by atoms with van der Waals surface area (Å²) in [6, 6.07) is 14.0. The van der Waals surface area contributed by atoms with E-state index in [1.165, 1.54) is 10.6 Å². The van der Waals surface area contributed by atoms with Gasteiger partial charge >= 0.3 is 0 Å². The molecule has 1 heterocycles. The van der Waals surface area contributed by atoms with Crippen LogP contribution in [0.25, 0.3) is 0 Å². The molecule has 0 fully saturated rings. The van der Waals surface area contributed by atoms with Crippen LogP contribution in [0.15, 0.2) is 47.3 Å². The van der Waals surface area contributed by atoms with Crippen LogP contribution in [-0.4, -0.2) is 4.57 Å². The Bertz CT molecular complexity index is 640. The smallest absolute Gasteiger partial charge is 0.251 e. The third kappa shape index (κ3) is 2.38. The quantitative estimate of drug-likeness (QED) is 0.762. The summed E-state index contributed by atoms with van der Waals surface area (Å²) in [5.74, 6) is 0. The molecule has 2 rings (SSSR count). The lowest BCUT2D eigenvalue weighted by Crippen LogP contribution is -2.20. The number of nitriles is 1. The van der Waals surface area contributed by atoms with Crippen molar-refractivity contribution in [1.82, 2.24) is 4.57 Å². The van der Waals surface area contributed by atoms with Crippen LogP contribution < -0.4 is 5.56 Å². The summed E-state index contributed by atoms with van der Waals surface area (Å²) in [4.78, 5) is 11.6. The Kier molecular flexibility index (Phi) is 3.27. The first kappa shape index (κ1) is 11.4. The van der Waals surface area contributed by atoms with Gasteiger partial charge in [0.15, 0.2) is 0 Å². The molecule has 3 nitrogen and oxygen atoms in total. The Labute approximate surface area is 104 Å². The highest BCUT2D eigenvalue weighted by Gasteiger charge is 2.05. The topological polar surface area (TPSA) is 45.8 Å². The van der Waals surface area contributed by atoms with E-state index in [-0.39, 0.29) is 5.56 Å². The van der Waals surface area contributed by atoms with Gasteiger partial charge in [-0.1, -0.05) is 35.9 Å². The molecule has 0 aliphatic carbocycles. The maximum absolute atomic E-state index is 11.6. The lowest BCUT2D eigenvalue weighted by molar-refractivity contribution is 0.759. The van der Waals surface area contributed by atoms with Crippen molar-refractivity contribution in [2.75, 3.05) is 0 Å². The second-order valence-corrected chi connectivity index (χ2v) is 3.93. The van der Waals surface area contributed by atoms with E-state index in [1.807, 2.05) is 12.1 Å². The molecule has 0 amide bonds. The lowest BCUT2D eigenvalue weighted by atomic mass is 10.1. The zero-order valence-electron chi connectivity index (χ0n) is 8.93. The molecule has 0 saturated heterocycles. The van der Waals surface area contributed by atoms with Crippen molar-refractivity contribution < 1.29 is 0 Å². The predicted molar refractivity (Wildman–Crippen MR) is 66.0 cm³/mol. The van der Waals surface area contributed by atoms with Gasteiger partial charge in [-0.15, -0.1) is 0 Å².